The predicted molar refractivity (Wildman–Crippen MR) is 169 cm³/mol. The van der Waals surface area contributed by atoms with Crippen LogP contribution >= 0.6 is 22.7 Å². The Morgan fingerprint density at radius 2 is 1.44 bits per heavy atom. The summed E-state index contributed by atoms with van der Waals surface area (Å²) in [4.78, 5) is 20.5. The average Bonchev–Trinajstić information content (AvgIpc) is 3.56. The van der Waals surface area contributed by atoms with Crippen molar-refractivity contribution in [3.8, 4) is 0 Å². The van der Waals surface area contributed by atoms with E-state index in [9.17, 15) is 4.79 Å². The number of aromatic nitrogens is 1. The van der Waals surface area contributed by atoms with E-state index >= 15 is 0 Å². The fourth-order valence-electron chi connectivity index (χ4n) is 4.19. The number of fused-ring (bicyclic) bond motifs is 1. The number of carbonyl (C=O) groups excluding carboxylic acids is 1. The molecule has 4 aromatic rings. The van der Waals surface area contributed by atoms with Gasteiger partial charge in [0.05, 0.1) is 21.8 Å². The number of ether oxygens (including phenoxy) is 1. The van der Waals surface area contributed by atoms with E-state index in [1.807, 2.05) is 36.4 Å². The second-order valence-electron chi connectivity index (χ2n) is 9.53. The van der Waals surface area contributed by atoms with Crippen LogP contribution in [0.25, 0.3) is 9.53 Å². The second-order valence-corrected chi connectivity index (χ2v) is 11.6. The highest BCUT2D eigenvalue weighted by Crippen LogP contribution is 2.35. The Bertz CT molecular complexity index is 1410. The molecule has 9 nitrogen and oxygen atoms in total. The summed E-state index contributed by atoms with van der Waals surface area (Å²) in [7, 11) is 0. The molecule has 216 valence electrons. The van der Waals surface area contributed by atoms with E-state index in [1.165, 1.54) is 47.6 Å². The number of nitrogens with two attached hydrogens (primary N) is 1. The number of unbranched alkanes of at least 4 members (excludes halogenated alkanes) is 4. The molecule has 2 heterocycles. The van der Waals surface area contributed by atoms with E-state index in [4.69, 9.17) is 10.5 Å². The zero-order chi connectivity index (χ0) is 29.0. The van der Waals surface area contributed by atoms with Gasteiger partial charge in [-0.15, -0.1) is 21.6 Å². The van der Waals surface area contributed by atoms with Gasteiger partial charge in [-0.2, -0.15) is 10.2 Å². The van der Waals surface area contributed by atoms with Crippen molar-refractivity contribution in [2.75, 3.05) is 18.0 Å². The number of rotatable bonds is 15. The van der Waals surface area contributed by atoms with E-state index in [1.54, 1.807) is 6.07 Å². The molecule has 2 aromatic carbocycles. The zero-order valence-corrected chi connectivity index (χ0v) is 25.5. The number of anilines is 1. The van der Waals surface area contributed by atoms with Gasteiger partial charge in [0.25, 0.3) is 0 Å². The van der Waals surface area contributed by atoms with Crippen LogP contribution in [0.4, 0.5) is 27.9 Å². The van der Waals surface area contributed by atoms with E-state index in [0.29, 0.717) is 22.1 Å². The minimum Gasteiger partial charge on any atom is -0.443 e. The van der Waals surface area contributed by atoms with Crippen molar-refractivity contribution < 1.29 is 9.53 Å². The highest BCUT2D eigenvalue weighted by atomic mass is 32.1. The van der Waals surface area contributed by atoms with Crippen molar-refractivity contribution >= 4 is 66.1 Å². The first-order valence-electron chi connectivity index (χ1n) is 14.1. The number of hydrogen-bond donors (Lipinski definition) is 1. The molecule has 1 atom stereocenters. The summed E-state index contributed by atoms with van der Waals surface area (Å²) in [6.07, 6.45) is 5.77. The molecular weight excluding hydrogens is 555 g/mol. The smallest absolute Gasteiger partial charge is 0.349 e. The molecule has 0 radical (unpaired) electrons. The molecule has 0 amide bonds. The molecule has 11 heteroatoms. The summed E-state index contributed by atoms with van der Waals surface area (Å²) < 4.78 is 6.28. The van der Waals surface area contributed by atoms with Crippen molar-refractivity contribution in [1.29, 1.82) is 0 Å². The van der Waals surface area contributed by atoms with Gasteiger partial charge in [0.2, 0.25) is 5.13 Å². The van der Waals surface area contributed by atoms with Crippen molar-refractivity contribution in [2.24, 2.45) is 26.2 Å². The molecule has 0 aliphatic rings. The molecule has 41 heavy (non-hydrogen) atoms. The minimum absolute atomic E-state index is 0.404. The van der Waals surface area contributed by atoms with Gasteiger partial charge < -0.3 is 9.64 Å². The molecule has 0 aliphatic carbocycles. The molecule has 2 aromatic heterocycles. The van der Waals surface area contributed by atoms with Crippen molar-refractivity contribution in [3.05, 3.63) is 59.5 Å². The zero-order valence-electron chi connectivity index (χ0n) is 23.8. The summed E-state index contributed by atoms with van der Waals surface area (Å²) in [5, 5.41) is 17.7. The average molecular weight is 592 g/mol. The first-order valence-corrected chi connectivity index (χ1v) is 15.8. The van der Waals surface area contributed by atoms with Crippen LogP contribution in [0.15, 0.2) is 75.1 Å². The third-order valence-electron chi connectivity index (χ3n) is 6.49. The molecule has 4 rings (SSSR count). The molecule has 0 bridgehead atoms. The maximum absolute atomic E-state index is 12.5. The number of nitrogens with zero attached hydrogens (tertiary/aromatic N) is 6. The third kappa shape index (κ3) is 8.97. The quantitative estimate of drug-likeness (QED) is 0.0639. The van der Waals surface area contributed by atoms with Crippen LogP contribution in [0.2, 0.25) is 0 Å². The van der Waals surface area contributed by atoms with Gasteiger partial charge in [0.15, 0.2) is 6.23 Å². The number of hydrogen-bond acceptors (Lipinski definition) is 11. The Hall–Kier alpha value is -3.54. The van der Waals surface area contributed by atoms with Gasteiger partial charge in [-0.1, -0.05) is 43.9 Å². The van der Waals surface area contributed by atoms with Gasteiger partial charge in [-0.3, -0.25) is 5.73 Å². The van der Waals surface area contributed by atoms with Gasteiger partial charge in [-0.05, 0) is 81.3 Å². The molecule has 1 unspecified atom stereocenters. The SMILES string of the molecule is CCCCCCCC(N)OC(=O)c1cc2sc(N=Nc3ccc(N=Nc4ccc(N(CC)CC)cc4)cc3)nc2s1. The van der Waals surface area contributed by atoms with Gasteiger partial charge >= 0.3 is 5.97 Å². The van der Waals surface area contributed by atoms with Crippen LogP contribution < -0.4 is 10.6 Å². The van der Waals surface area contributed by atoms with Gasteiger partial charge in [0.1, 0.15) is 9.71 Å². The number of thiazole rings is 1. The highest BCUT2D eigenvalue weighted by molar-refractivity contribution is 7.29. The van der Waals surface area contributed by atoms with Crippen LogP contribution in [0.5, 0.6) is 0 Å². The Morgan fingerprint density at radius 3 is 2.02 bits per heavy atom. The summed E-state index contributed by atoms with van der Waals surface area (Å²) in [6.45, 7) is 8.40. The summed E-state index contributed by atoms with van der Waals surface area (Å²) in [5.41, 5.74) is 9.38. The molecule has 0 spiro atoms. The molecule has 0 saturated heterocycles. The van der Waals surface area contributed by atoms with Crippen molar-refractivity contribution in [2.45, 2.75) is 65.5 Å². The first kappa shape index (κ1) is 30.4. The predicted octanol–water partition coefficient (Wildman–Crippen LogP) is 9.84. The monoisotopic (exact) mass is 591 g/mol. The van der Waals surface area contributed by atoms with Crippen molar-refractivity contribution in [1.82, 2.24) is 4.98 Å². The van der Waals surface area contributed by atoms with Gasteiger partial charge in [0, 0.05) is 18.8 Å². The largest absolute Gasteiger partial charge is 0.443 e. The highest BCUT2D eigenvalue weighted by Gasteiger charge is 2.17. The lowest BCUT2D eigenvalue weighted by Gasteiger charge is -2.20. The lowest BCUT2D eigenvalue weighted by molar-refractivity contribution is 0.0298. The number of carbonyl (C=O) groups is 1. The lowest BCUT2D eigenvalue weighted by Crippen LogP contribution is -2.26. The summed E-state index contributed by atoms with van der Waals surface area (Å²) in [6, 6.07) is 17.2. The molecule has 0 aliphatic heterocycles. The maximum atomic E-state index is 12.5. The molecule has 0 saturated carbocycles. The Kier molecular flexibility index (Phi) is 11.5. The third-order valence-corrected chi connectivity index (χ3v) is 8.51. The Balaban J connectivity index is 1.28. The van der Waals surface area contributed by atoms with E-state index in [2.05, 4.69) is 63.2 Å². The lowest BCUT2D eigenvalue weighted by atomic mass is 10.1. The standard InChI is InChI=1S/C30H37N7O2S2/c1-4-7-8-9-10-11-27(31)39-29(38)26-20-25-28(40-26)32-30(41-25)36-35-22-14-12-21(13-15-22)33-34-23-16-18-24(19-17-23)37(5-2)6-3/h12-20,27H,4-11,31H2,1-3H3. The second kappa shape index (κ2) is 15.5. The number of azo groups is 2. The minimum atomic E-state index is -0.585. The van der Waals surface area contributed by atoms with Crippen molar-refractivity contribution in [3.63, 3.8) is 0 Å². The fourth-order valence-corrected chi connectivity index (χ4v) is 6.11. The summed E-state index contributed by atoms with van der Waals surface area (Å²) >= 11 is 2.65. The van der Waals surface area contributed by atoms with Crippen LogP contribution in [-0.2, 0) is 4.74 Å². The summed E-state index contributed by atoms with van der Waals surface area (Å²) in [5.74, 6) is -0.404. The van der Waals surface area contributed by atoms with Crippen LogP contribution in [-0.4, -0.2) is 30.3 Å². The number of esters is 1. The molecule has 0 fully saturated rings. The number of thiophene rings is 1. The van der Waals surface area contributed by atoms with E-state index < -0.39 is 12.2 Å². The van der Waals surface area contributed by atoms with E-state index in [-0.39, 0.29) is 0 Å². The number of benzene rings is 2. The van der Waals surface area contributed by atoms with Gasteiger partial charge in [-0.25, -0.2) is 9.78 Å². The first-order chi connectivity index (χ1) is 20.0. The van der Waals surface area contributed by atoms with Crippen LogP contribution in [0.3, 0.4) is 0 Å². The topological polar surface area (TPSA) is 118 Å². The molecule has 2 N–H and O–H groups in total. The molecular formula is C30H37N7O2S2. The normalized spacial score (nSPS) is 12.5. The Labute approximate surface area is 249 Å². The fraction of sp³-hybridized carbons (Fsp3) is 0.400. The van der Waals surface area contributed by atoms with E-state index in [0.717, 1.165) is 46.8 Å². The van der Waals surface area contributed by atoms with Crippen LogP contribution in [0, 0.1) is 0 Å². The van der Waals surface area contributed by atoms with Crippen LogP contribution in [0.1, 0.15) is 69.0 Å². The maximum Gasteiger partial charge on any atom is 0.349 e. The Morgan fingerprint density at radius 1 is 0.854 bits per heavy atom.